The van der Waals surface area contributed by atoms with Crippen LogP contribution in [0.2, 0.25) is 0 Å². The molecule has 0 spiro atoms. The lowest BCUT2D eigenvalue weighted by Crippen LogP contribution is -2.32. The molecule has 1 aromatic rings. The highest BCUT2D eigenvalue weighted by Gasteiger charge is 2.24. The third kappa shape index (κ3) is 5.15. The van der Waals surface area contributed by atoms with Gasteiger partial charge in [-0.3, -0.25) is 9.69 Å². The minimum atomic E-state index is 0.253. The summed E-state index contributed by atoms with van der Waals surface area (Å²) >= 11 is 2.02. The Morgan fingerprint density at radius 3 is 2.62 bits per heavy atom. The Kier molecular flexibility index (Phi) is 5.88. The highest BCUT2D eigenvalue weighted by molar-refractivity contribution is 8.00. The van der Waals surface area contributed by atoms with Crippen LogP contribution in [-0.2, 0) is 6.42 Å². The van der Waals surface area contributed by atoms with E-state index >= 15 is 0 Å². The van der Waals surface area contributed by atoms with Crippen LogP contribution in [0.4, 0.5) is 0 Å². The fourth-order valence-electron chi connectivity index (χ4n) is 2.66. The minimum Gasteiger partial charge on any atom is -0.295 e. The molecular formula is C18H27NOS. The van der Waals surface area contributed by atoms with Crippen LogP contribution < -0.4 is 0 Å². The van der Waals surface area contributed by atoms with Crippen LogP contribution in [0, 0.1) is 0 Å². The second-order valence-electron chi connectivity index (χ2n) is 6.50. The summed E-state index contributed by atoms with van der Waals surface area (Å²) in [6, 6.07) is 8.17. The number of ketones is 1. The van der Waals surface area contributed by atoms with Crippen molar-refractivity contribution in [2.75, 3.05) is 25.4 Å². The van der Waals surface area contributed by atoms with Crippen molar-refractivity contribution in [3.63, 3.8) is 0 Å². The van der Waals surface area contributed by atoms with Gasteiger partial charge in [-0.25, -0.2) is 0 Å². The molecule has 0 N–H and O–H groups in total. The lowest BCUT2D eigenvalue weighted by molar-refractivity contribution is 0.0934. The van der Waals surface area contributed by atoms with Crippen molar-refractivity contribution in [2.45, 2.75) is 44.8 Å². The van der Waals surface area contributed by atoms with E-state index in [1.807, 2.05) is 23.9 Å². The molecule has 21 heavy (non-hydrogen) atoms. The van der Waals surface area contributed by atoms with Crippen LogP contribution in [0.3, 0.4) is 0 Å². The van der Waals surface area contributed by atoms with E-state index in [9.17, 15) is 4.79 Å². The second kappa shape index (κ2) is 7.46. The lowest BCUT2D eigenvalue weighted by atomic mass is 10.0. The summed E-state index contributed by atoms with van der Waals surface area (Å²) < 4.78 is 0.347. The van der Waals surface area contributed by atoms with Crippen molar-refractivity contribution in [3.05, 3.63) is 35.4 Å². The van der Waals surface area contributed by atoms with Crippen LogP contribution in [0.1, 0.15) is 49.5 Å². The van der Waals surface area contributed by atoms with E-state index in [2.05, 4.69) is 37.8 Å². The largest absolute Gasteiger partial charge is 0.295 e. The summed E-state index contributed by atoms with van der Waals surface area (Å²) in [4.78, 5) is 14.7. The molecule has 3 heteroatoms. The lowest BCUT2D eigenvalue weighted by Gasteiger charge is -2.22. The molecule has 0 bridgehead atoms. The van der Waals surface area contributed by atoms with E-state index in [1.54, 1.807) is 0 Å². The van der Waals surface area contributed by atoms with Gasteiger partial charge in [0.1, 0.15) is 0 Å². The molecule has 2 rings (SSSR count). The topological polar surface area (TPSA) is 20.3 Å². The maximum atomic E-state index is 12.4. The summed E-state index contributed by atoms with van der Waals surface area (Å²) in [7, 11) is 0. The average Bonchev–Trinajstić information content (AvgIpc) is 2.61. The van der Waals surface area contributed by atoms with E-state index in [0.717, 1.165) is 43.7 Å². The SMILES string of the molecule is CCCc1ccc(C(=O)CN2CCSC(C)(C)CC2)cc1. The zero-order valence-corrected chi connectivity index (χ0v) is 14.3. The van der Waals surface area contributed by atoms with Crippen molar-refractivity contribution in [2.24, 2.45) is 0 Å². The Morgan fingerprint density at radius 2 is 1.95 bits per heavy atom. The molecule has 1 saturated heterocycles. The van der Waals surface area contributed by atoms with Gasteiger partial charge in [-0.05, 0) is 24.9 Å². The smallest absolute Gasteiger partial charge is 0.176 e. The van der Waals surface area contributed by atoms with Crippen molar-refractivity contribution >= 4 is 17.5 Å². The van der Waals surface area contributed by atoms with Crippen molar-refractivity contribution < 1.29 is 4.79 Å². The minimum absolute atomic E-state index is 0.253. The Hall–Kier alpha value is -0.800. The summed E-state index contributed by atoms with van der Waals surface area (Å²) in [6.45, 7) is 9.39. The summed E-state index contributed by atoms with van der Waals surface area (Å²) in [6.07, 6.45) is 3.39. The molecule has 1 aliphatic heterocycles. The number of Topliss-reactive ketones (excluding diaryl/α,β-unsaturated/α-hetero) is 1. The van der Waals surface area contributed by atoms with Gasteiger partial charge in [-0.2, -0.15) is 11.8 Å². The van der Waals surface area contributed by atoms with Crippen LogP contribution in [-0.4, -0.2) is 40.8 Å². The van der Waals surface area contributed by atoms with E-state index < -0.39 is 0 Å². The number of hydrogen-bond acceptors (Lipinski definition) is 3. The molecule has 0 radical (unpaired) electrons. The van der Waals surface area contributed by atoms with Crippen molar-refractivity contribution in [1.29, 1.82) is 0 Å². The Morgan fingerprint density at radius 1 is 1.24 bits per heavy atom. The quantitative estimate of drug-likeness (QED) is 0.766. The number of aryl methyl sites for hydroxylation is 1. The first-order valence-corrected chi connectivity index (χ1v) is 8.97. The van der Waals surface area contributed by atoms with Gasteiger partial charge in [-0.1, -0.05) is 51.5 Å². The summed E-state index contributed by atoms with van der Waals surface area (Å²) in [5.74, 6) is 1.37. The number of benzene rings is 1. The van der Waals surface area contributed by atoms with Crippen LogP contribution in [0.25, 0.3) is 0 Å². The highest BCUT2D eigenvalue weighted by atomic mass is 32.2. The molecule has 0 aromatic heterocycles. The van der Waals surface area contributed by atoms with Gasteiger partial charge >= 0.3 is 0 Å². The van der Waals surface area contributed by atoms with E-state index in [-0.39, 0.29) is 5.78 Å². The highest BCUT2D eigenvalue weighted by Crippen LogP contribution is 2.30. The normalized spacial score (nSPS) is 19.2. The van der Waals surface area contributed by atoms with Crippen LogP contribution >= 0.6 is 11.8 Å². The number of carbonyl (C=O) groups excluding carboxylic acids is 1. The average molecular weight is 305 g/mol. The first-order chi connectivity index (χ1) is 10.00. The maximum Gasteiger partial charge on any atom is 0.176 e. The van der Waals surface area contributed by atoms with Crippen LogP contribution in [0.5, 0.6) is 0 Å². The number of rotatable bonds is 5. The molecule has 2 nitrogen and oxygen atoms in total. The van der Waals surface area contributed by atoms with Crippen molar-refractivity contribution in [3.8, 4) is 0 Å². The van der Waals surface area contributed by atoms with Gasteiger partial charge in [0.15, 0.2) is 5.78 Å². The molecule has 1 aromatic carbocycles. The molecule has 1 heterocycles. The predicted molar refractivity (Wildman–Crippen MR) is 92.4 cm³/mol. The zero-order valence-electron chi connectivity index (χ0n) is 13.5. The standard InChI is InChI=1S/C18H27NOS/c1-4-5-15-6-8-16(9-7-15)17(20)14-19-11-10-18(2,3)21-13-12-19/h6-9H,4-5,10-14H2,1-3H3. The Balaban J connectivity index is 1.91. The predicted octanol–water partition coefficient (Wildman–Crippen LogP) is 4.04. The van der Waals surface area contributed by atoms with Crippen LogP contribution in [0.15, 0.2) is 24.3 Å². The molecule has 0 saturated carbocycles. The Bertz CT molecular complexity index is 467. The monoisotopic (exact) mass is 305 g/mol. The number of hydrogen-bond donors (Lipinski definition) is 0. The molecule has 0 amide bonds. The second-order valence-corrected chi connectivity index (χ2v) is 8.31. The molecule has 116 valence electrons. The third-order valence-corrected chi connectivity index (χ3v) is 5.48. The fourth-order valence-corrected chi connectivity index (χ4v) is 3.80. The van der Waals surface area contributed by atoms with E-state index in [1.165, 1.54) is 5.56 Å². The molecule has 0 atom stereocenters. The number of nitrogens with zero attached hydrogens (tertiary/aromatic N) is 1. The molecule has 1 fully saturated rings. The van der Waals surface area contributed by atoms with Gasteiger partial charge in [0, 0.05) is 22.6 Å². The molecule has 0 unspecified atom stereocenters. The first-order valence-electron chi connectivity index (χ1n) is 7.98. The fraction of sp³-hybridized carbons (Fsp3) is 0.611. The maximum absolute atomic E-state index is 12.4. The molecule has 1 aliphatic rings. The van der Waals surface area contributed by atoms with Gasteiger partial charge in [0.2, 0.25) is 0 Å². The van der Waals surface area contributed by atoms with Crippen molar-refractivity contribution in [1.82, 2.24) is 4.90 Å². The number of carbonyl (C=O) groups is 1. The third-order valence-electron chi connectivity index (χ3n) is 4.11. The van der Waals surface area contributed by atoms with E-state index in [0.29, 0.717) is 11.3 Å². The molecular weight excluding hydrogens is 278 g/mol. The summed E-state index contributed by atoms with van der Waals surface area (Å²) in [5, 5.41) is 0. The first kappa shape index (κ1) is 16.6. The van der Waals surface area contributed by atoms with Gasteiger partial charge in [0.25, 0.3) is 0 Å². The number of thioether (sulfide) groups is 1. The Labute approximate surface area is 133 Å². The van der Waals surface area contributed by atoms with Gasteiger partial charge in [0.05, 0.1) is 6.54 Å². The summed E-state index contributed by atoms with van der Waals surface area (Å²) in [5.41, 5.74) is 2.17. The van der Waals surface area contributed by atoms with Gasteiger partial charge in [-0.15, -0.1) is 0 Å². The molecule has 0 aliphatic carbocycles. The van der Waals surface area contributed by atoms with Gasteiger partial charge < -0.3 is 0 Å². The zero-order chi connectivity index (χ0) is 15.3. The van der Waals surface area contributed by atoms with E-state index in [4.69, 9.17) is 0 Å².